The number of carbonyl (C=O) groups is 2. The zero-order valence-corrected chi connectivity index (χ0v) is 19.8. The normalized spacial score (nSPS) is 15.8. The standard InChI is InChI=1S/C24H17FN4O4S2/c1-13-8-9-17(33-13)20(30)18-19(14-6-4-10-26-11-14)29(22(32)21(18)31)23-27-28-24(35-23)34-12-15-5-2-3-7-16(15)25/h2-11,19,31H,12H2,1H3. The first-order valence-electron chi connectivity index (χ1n) is 10.4. The largest absolute Gasteiger partial charge is 0.503 e. The lowest BCUT2D eigenvalue weighted by Crippen LogP contribution is -2.31. The highest BCUT2D eigenvalue weighted by molar-refractivity contribution is 8.00. The molecule has 4 heterocycles. The molecule has 0 bridgehead atoms. The fourth-order valence-electron chi connectivity index (χ4n) is 3.69. The Kier molecular flexibility index (Phi) is 6.18. The van der Waals surface area contributed by atoms with E-state index < -0.39 is 23.5 Å². The summed E-state index contributed by atoms with van der Waals surface area (Å²) in [5.41, 5.74) is 0.890. The van der Waals surface area contributed by atoms with E-state index >= 15 is 0 Å². The van der Waals surface area contributed by atoms with Crippen LogP contribution in [0.2, 0.25) is 0 Å². The van der Waals surface area contributed by atoms with Gasteiger partial charge in [0.15, 0.2) is 15.9 Å². The first-order valence-corrected chi connectivity index (χ1v) is 12.2. The number of halogens is 1. The van der Waals surface area contributed by atoms with E-state index in [0.717, 1.165) is 11.3 Å². The lowest BCUT2D eigenvalue weighted by atomic mass is 9.96. The molecule has 8 nitrogen and oxygen atoms in total. The smallest absolute Gasteiger partial charge is 0.296 e. The molecular weight excluding hydrogens is 491 g/mol. The van der Waals surface area contributed by atoms with Crippen molar-refractivity contribution >= 4 is 39.9 Å². The maximum atomic E-state index is 14.0. The van der Waals surface area contributed by atoms with Crippen LogP contribution in [0.5, 0.6) is 0 Å². The molecular formula is C24H17FN4O4S2. The number of aryl methyl sites for hydroxylation is 1. The van der Waals surface area contributed by atoms with Gasteiger partial charge >= 0.3 is 0 Å². The Bertz CT molecular complexity index is 1450. The van der Waals surface area contributed by atoms with Crippen molar-refractivity contribution in [3.8, 4) is 0 Å². The van der Waals surface area contributed by atoms with Crippen LogP contribution < -0.4 is 4.90 Å². The average Bonchev–Trinajstić information content (AvgIpc) is 3.57. The number of rotatable bonds is 7. The zero-order valence-electron chi connectivity index (χ0n) is 18.2. The topological polar surface area (TPSA) is 109 Å². The number of aliphatic hydroxyl groups excluding tert-OH is 1. The number of Topliss-reactive ketones (excluding diaryl/α,β-unsaturated/α-hetero) is 1. The van der Waals surface area contributed by atoms with Gasteiger partial charge in [0.2, 0.25) is 10.9 Å². The molecule has 1 aliphatic heterocycles. The quantitative estimate of drug-likeness (QED) is 0.210. The second-order valence-corrected chi connectivity index (χ2v) is 9.77. The van der Waals surface area contributed by atoms with Gasteiger partial charge in [-0.3, -0.25) is 19.5 Å². The van der Waals surface area contributed by atoms with Crippen molar-refractivity contribution in [2.75, 3.05) is 4.90 Å². The Morgan fingerprint density at radius 1 is 1.20 bits per heavy atom. The fourth-order valence-corrected chi connectivity index (χ4v) is 5.54. The molecule has 1 aromatic carbocycles. The second kappa shape index (κ2) is 9.43. The van der Waals surface area contributed by atoms with Gasteiger partial charge in [-0.15, -0.1) is 10.2 Å². The lowest BCUT2D eigenvalue weighted by molar-refractivity contribution is -0.117. The monoisotopic (exact) mass is 508 g/mol. The first kappa shape index (κ1) is 22.9. The molecule has 0 saturated carbocycles. The van der Waals surface area contributed by atoms with E-state index in [1.807, 2.05) is 0 Å². The van der Waals surface area contributed by atoms with Crippen LogP contribution in [0.3, 0.4) is 0 Å². The molecule has 1 atom stereocenters. The first-order chi connectivity index (χ1) is 16.9. The van der Waals surface area contributed by atoms with Crippen LogP contribution in [0.15, 0.2) is 81.0 Å². The number of amides is 1. The minimum atomic E-state index is -0.980. The van der Waals surface area contributed by atoms with Crippen LogP contribution in [0.1, 0.15) is 33.5 Å². The minimum Gasteiger partial charge on any atom is -0.503 e. The number of hydrogen-bond acceptors (Lipinski definition) is 9. The van der Waals surface area contributed by atoms with Gasteiger partial charge < -0.3 is 9.52 Å². The summed E-state index contributed by atoms with van der Waals surface area (Å²) in [5, 5.41) is 19.2. The van der Waals surface area contributed by atoms with E-state index in [1.54, 1.807) is 49.5 Å². The van der Waals surface area contributed by atoms with Crippen LogP contribution >= 0.6 is 23.1 Å². The average molecular weight is 509 g/mol. The maximum Gasteiger partial charge on any atom is 0.296 e. The van der Waals surface area contributed by atoms with E-state index in [9.17, 15) is 19.1 Å². The number of nitrogens with zero attached hydrogens (tertiary/aromatic N) is 4. The van der Waals surface area contributed by atoms with Gasteiger partial charge in [-0.2, -0.15) is 0 Å². The van der Waals surface area contributed by atoms with Gasteiger partial charge in [-0.1, -0.05) is 47.4 Å². The predicted octanol–water partition coefficient (Wildman–Crippen LogP) is 5.05. The summed E-state index contributed by atoms with van der Waals surface area (Å²) < 4.78 is 19.9. The highest BCUT2D eigenvalue weighted by Gasteiger charge is 2.46. The number of hydrogen-bond donors (Lipinski definition) is 1. The van der Waals surface area contributed by atoms with Gasteiger partial charge in [0.1, 0.15) is 11.6 Å². The van der Waals surface area contributed by atoms with Crippen molar-refractivity contribution in [2.24, 2.45) is 0 Å². The molecule has 1 amide bonds. The van der Waals surface area contributed by atoms with Gasteiger partial charge in [-0.25, -0.2) is 4.39 Å². The molecule has 0 radical (unpaired) electrons. The summed E-state index contributed by atoms with van der Waals surface area (Å²) in [6.07, 6.45) is 3.08. The van der Waals surface area contributed by atoms with Crippen molar-refractivity contribution in [3.05, 3.63) is 101 Å². The molecule has 0 aliphatic carbocycles. The van der Waals surface area contributed by atoms with E-state index in [0.29, 0.717) is 27.0 Å². The lowest BCUT2D eigenvalue weighted by Gasteiger charge is -2.23. The third-order valence-corrected chi connectivity index (χ3v) is 7.43. The number of benzene rings is 1. The van der Waals surface area contributed by atoms with E-state index in [4.69, 9.17) is 4.42 Å². The summed E-state index contributed by atoms with van der Waals surface area (Å²) in [6, 6.07) is 11.9. The maximum absolute atomic E-state index is 14.0. The van der Waals surface area contributed by atoms with Crippen LogP contribution in [0.25, 0.3) is 0 Å². The summed E-state index contributed by atoms with van der Waals surface area (Å²) >= 11 is 2.37. The second-order valence-electron chi connectivity index (χ2n) is 7.60. The van der Waals surface area contributed by atoms with Crippen LogP contribution in [0.4, 0.5) is 9.52 Å². The van der Waals surface area contributed by atoms with Crippen molar-refractivity contribution in [1.82, 2.24) is 15.2 Å². The zero-order chi connectivity index (χ0) is 24.5. The number of anilines is 1. The Morgan fingerprint density at radius 2 is 2.03 bits per heavy atom. The molecule has 5 rings (SSSR count). The number of aliphatic hydroxyl groups is 1. The van der Waals surface area contributed by atoms with Crippen molar-refractivity contribution < 1.29 is 23.5 Å². The highest BCUT2D eigenvalue weighted by atomic mass is 32.2. The molecule has 1 N–H and O–H groups in total. The predicted molar refractivity (Wildman–Crippen MR) is 128 cm³/mol. The van der Waals surface area contributed by atoms with Gasteiger partial charge in [0.25, 0.3) is 5.91 Å². The molecule has 0 saturated heterocycles. The number of thioether (sulfide) groups is 1. The molecule has 3 aromatic heterocycles. The van der Waals surface area contributed by atoms with Crippen molar-refractivity contribution in [2.45, 2.75) is 23.1 Å². The van der Waals surface area contributed by atoms with Crippen LogP contribution in [-0.4, -0.2) is 32.0 Å². The third-order valence-electron chi connectivity index (χ3n) is 5.33. The Labute approximate surface area is 207 Å². The van der Waals surface area contributed by atoms with Gasteiger partial charge in [0.05, 0.1) is 11.6 Å². The molecule has 1 aliphatic rings. The molecule has 35 heavy (non-hydrogen) atoms. The van der Waals surface area contributed by atoms with Crippen molar-refractivity contribution in [3.63, 3.8) is 0 Å². The summed E-state index contributed by atoms with van der Waals surface area (Å²) in [6.45, 7) is 1.69. The summed E-state index contributed by atoms with van der Waals surface area (Å²) in [4.78, 5) is 31.8. The fraction of sp³-hybridized carbons (Fsp3) is 0.125. The van der Waals surface area contributed by atoms with Crippen LogP contribution in [0, 0.1) is 12.7 Å². The van der Waals surface area contributed by atoms with Gasteiger partial charge in [-0.05, 0) is 42.3 Å². The number of ketones is 1. The summed E-state index contributed by atoms with van der Waals surface area (Å²) in [5.74, 6) is -1.55. The molecule has 11 heteroatoms. The Hall–Kier alpha value is -3.83. The number of aromatic nitrogens is 3. The Morgan fingerprint density at radius 3 is 2.74 bits per heavy atom. The van der Waals surface area contributed by atoms with E-state index in [-0.39, 0.29) is 22.3 Å². The van der Waals surface area contributed by atoms with E-state index in [2.05, 4.69) is 15.2 Å². The van der Waals surface area contributed by atoms with Crippen LogP contribution in [-0.2, 0) is 10.5 Å². The summed E-state index contributed by atoms with van der Waals surface area (Å²) in [7, 11) is 0. The van der Waals surface area contributed by atoms with Gasteiger partial charge in [0, 0.05) is 18.1 Å². The molecule has 4 aromatic rings. The highest BCUT2D eigenvalue weighted by Crippen LogP contribution is 2.43. The SMILES string of the molecule is Cc1ccc(C(=O)C2=C(O)C(=O)N(c3nnc(SCc4ccccc4F)s3)C2c2cccnc2)o1. The minimum absolute atomic E-state index is 0.00554. The number of pyridine rings is 1. The third kappa shape index (κ3) is 4.35. The molecule has 0 fully saturated rings. The molecule has 1 unspecified atom stereocenters. The Balaban J connectivity index is 1.48. The molecule has 0 spiro atoms. The number of carbonyl (C=O) groups excluding carboxylic acids is 2. The van der Waals surface area contributed by atoms with Crippen molar-refractivity contribution in [1.29, 1.82) is 0 Å². The number of furan rings is 1. The molecule has 176 valence electrons. The van der Waals surface area contributed by atoms with E-state index in [1.165, 1.54) is 35.0 Å².